The Bertz CT molecular complexity index is 1630. The first-order valence-corrected chi connectivity index (χ1v) is 16.2. The van der Waals surface area contributed by atoms with Crippen molar-refractivity contribution in [3.05, 3.63) is 91.4 Å². The lowest BCUT2D eigenvalue weighted by Gasteiger charge is -2.32. The number of amides is 2. The molecule has 0 unspecified atom stereocenters. The molecule has 0 spiro atoms. The number of hydrogen-bond acceptors (Lipinski definition) is 7. The van der Waals surface area contributed by atoms with Crippen LogP contribution in [0.3, 0.4) is 0 Å². The van der Waals surface area contributed by atoms with Crippen molar-refractivity contribution in [2.75, 3.05) is 24.5 Å². The van der Waals surface area contributed by atoms with Gasteiger partial charge in [-0.05, 0) is 61.7 Å². The first-order valence-electron chi connectivity index (χ1n) is 13.6. The Balaban J connectivity index is 2.14. The molecule has 0 radical (unpaired) electrons. The number of benzene rings is 3. The van der Waals surface area contributed by atoms with Gasteiger partial charge in [-0.2, -0.15) is 0 Å². The molecule has 0 aliphatic heterocycles. The number of methoxy groups -OCH3 is 1. The lowest BCUT2D eigenvalue weighted by molar-refractivity contribution is -0.385. The van der Waals surface area contributed by atoms with E-state index in [0.29, 0.717) is 12.1 Å². The monoisotopic (exact) mass is 708 g/mol. The number of sulfonamides is 1. The van der Waals surface area contributed by atoms with Crippen molar-refractivity contribution >= 4 is 60.7 Å². The molecule has 2 amide bonds. The van der Waals surface area contributed by atoms with E-state index < -0.39 is 49.9 Å². The minimum Gasteiger partial charge on any atom is -0.495 e. The van der Waals surface area contributed by atoms with Gasteiger partial charge in [0.1, 0.15) is 18.3 Å². The predicted molar refractivity (Wildman–Crippen MR) is 172 cm³/mol. The van der Waals surface area contributed by atoms with Crippen LogP contribution in [0.5, 0.6) is 5.75 Å². The zero-order valence-electron chi connectivity index (χ0n) is 24.9. The maximum atomic E-state index is 14.2. The molecule has 0 bridgehead atoms. The number of rotatable bonds is 13. The number of nitro groups is 1. The van der Waals surface area contributed by atoms with E-state index in [2.05, 4.69) is 21.2 Å². The summed E-state index contributed by atoms with van der Waals surface area (Å²) in [5.74, 6) is -0.855. The van der Waals surface area contributed by atoms with Crippen LogP contribution in [0, 0.1) is 23.0 Å². The molecule has 236 valence electrons. The van der Waals surface area contributed by atoms with Crippen molar-refractivity contribution in [1.82, 2.24) is 10.2 Å². The van der Waals surface area contributed by atoms with Crippen LogP contribution in [0.25, 0.3) is 0 Å². The van der Waals surface area contributed by atoms with Gasteiger partial charge >= 0.3 is 0 Å². The van der Waals surface area contributed by atoms with Crippen molar-refractivity contribution in [3.63, 3.8) is 0 Å². The molecule has 1 N–H and O–H groups in total. The Hall–Kier alpha value is -3.68. The van der Waals surface area contributed by atoms with Crippen molar-refractivity contribution in [3.8, 4) is 5.75 Å². The van der Waals surface area contributed by atoms with E-state index in [1.165, 1.54) is 49.3 Å². The summed E-state index contributed by atoms with van der Waals surface area (Å²) in [6.07, 6.45) is 0. The van der Waals surface area contributed by atoms with E-state index in [1.807, 2.05) is 13.8 Å². The highest BCUT2D eigenvalue weighted by molar-refractivity contribution is 9.10. The molecule has 0 heterocycles. The number of halogens is 2. The highest BCUT2D eigenvalue weighted by atomic mass is 79.9. The first-order chi connectivity index (χ1) is 20.6. The zero-order valence-corrected chi connectivity index (χ0v) is 28.1. The Morgan fingerprint density at radius 2 is 1.73 bits per heavy atom. The summed E-state index contributed by atoms with van der Waals surface area (Å²) in [6.45, 7) is 6.54. The number of carbonyl (C=O) groups excluding carboxylic acids is 2. The predicted octanol–water partition coefficient (Wildman–Crippen LogP) is 5.71. The summed E-state index contributed by atoms with van der Waals surface area (Å²) in [6, 6.07) is 13.9. The molecular formula is C30H34BrClN4O7S. The van der Waals surface area contributed by atoms with Crippen LogP contribution >= 0.6 is 27.5 Å². The highest BCUT2D eigenvalue weighted by Crippen LogP contribution is 2.36. The van der Waals surface area contributed by atoms with Gasteiger partial charge in [0.15, 0.2) is 0 Å². The minimum absolute atomic E-state index is 0.00104. The number of hydrogen-bond donors (Lipinski definition) is 1. The number of aryl methyl sites for hydroxylation is 1. The Labute approximate surface area is 270 Å². The standard InChI is InChI=1S/C30H34BrClN4O7S/c1-19(2)16-33-30(38)21(4)34(17-22-7-9-23(31)10-8-22)29(37)18-35(27-14-24(32)11-13-28(27)43-5)44(41,42)25-12-6-20(3)26(15-25)36(39)40/h6-15,19,21H,16-18H2,1-5H3,(H,33,38)/t21-/m0/s1. The molecule has 3 aromatic rings. The fourth-order valence-corrected chi connectivity index (χ4v) is 6.13. The van der Waals surface area contributed by atoms with Gasteiger partial charge in [0.25, 0.3) is 15.7 Å². The molecule has 11 nitrogen and oxygen atoms in total. The van der Waals surface area contributed by atoms with Gasteiger partial charge in [0.2, 0.25) is 11.8 Å². The first kappa shape index (κ1) is 34.8. The average molecular weight is 710 g/mol. The molecule has 44 heavy (non-hydrogen) atoms. The number of nitrogens with one attached hydrogen (secondary N) is 1. The van der Waals surface area contributed by atoms with Gasteiger partial charge in [0, 0.05) is 34.2 Å². The maximum absolute atomic E-state index is 14.2. The molecule has 0 saturated heterocycles. The van der Waals surface area contributed by atoms with Crippen LogP contribution in [-0.2, 0) is 26.2 Å². The summed E-state index contributed by atoms with van der Waals surface area (Å²) >= 11 is 9.64. The molecule has 0 aromatic heterocycles. The second kappa shape index (κ2) is 14.9. The zero-order chi connectivity index (χ0) is 32.8. The second-order valence-corrected chi connectivity index (χ2v) is 13.7. The van der Waals surface area contributed by atoms with Gasteiger partial charge in [-0.1, -0.05) is 59.6 Å². The third-order valence-electron chi connectivity index (χ3n) is 6.77. The fourth-order valence-electron chi connectivity index (χ4n) is 4.27. The van der Waals surface area contributed by atoms with Crippen LogP contribution in [0.2, 0.25) is 5.02 Å². The average Bonchev–Trinajstić information content (AvgIpc) is 2.97. The highest BCUT2D eigenvalue weighted by Gasteiger charge is 2.35. The summed E-state index contributed by atoms with van der Waals surface area (Å²) < 4.78 is 35.4. The van der Waals surface area contributed by atoms with Crippen LogP contribution in [0.1, 0.15) is 31.9 Å². The molecule has 0 aliphatic carbocycles. The molecule has 3 aromatic carbocycles. The van der Waals surface area contributed by atoms with E-state index >= 15 is 0 Å². The van der Waals surface area contributed by atoms with E-state index in [0.717, 1.165) is 14.8 Å². The van der Waals surface area contributed by atoms with Gasteiger partial charge in [-0.15, -0.1) is 0 Å². The number of ether oxygens (including phenoxy) is 1. The van der Waals surface area contributed by atoms with Crippen LogP contribution in [-0.4, -0.2) is 56.3 Å². The van der Waals surface area contributed by atoms with Gasteiger partial charge in [-0.25, -0.2) is 8.42 Å². The summed E-state index contributed by atoms with van der Waals surface area (Å²) in [4.78, 5) is 39.1. The lowest BCUT2D eigenvalue weighted by Crippen LogP contribution is -2.51. The van der Waals surface area contributed by atoms with E-state index in [1.54, 1.807) is 31.2 Å². The topological polar surface area (TPSA) is 139 Å². The molecule has 3 rings (SSSR count). The SMILES string of the molecule is COc1ccc(Cl)cc1N(CC(=O)N(Cc1ccc(Br)cc1)[C@@H](C)C(=O)NCC(C)C)S(=O)(=O)c1ccc(C)c([N+](=O)[O-])c1. The van der Waals surface area contributed by atoms with Crippen LogP contribution < -0.4 is 14.4 Å². The molecule has 0 aliphatic rings. The van der Waals surface area contributed by atoms with Crippen molar-refractivity contribution in [2.45, 2.75) is 45.2 Å². The summed E-state index contributed by atoms with van der Waals surface area (Å²) in [5, 5.41) is 14.6. The fraction of sp³-hybridized carbons (Fsp3) is 0.333. The molecule has 0 fully saturated rings. The van der Waals surface area contributed by atoms with Crippen molar-refractivity contribution in [1.29, 1.82) is 0 Å². The third kappa shape index (κ3) is 8.48. The number of nitro benzene ring substituents is 1. The van der Waals surface area contributed by atoms with Crippen molar-refractivity contribution < 1.29 is 27.7 Å². The van der Waals surface area contributed by atoms with Crippen LogP contribution in [0.15, 0.2) is 70.0 Å². The molecule has 1 atom stereocenters. The lowest BCUT2D eigenvalue weighted by atomic mass is 10.1. The number of nitrogens with zero attached hydrogens (tertiary/aromatic N) is 3. The van der Waals surface area contributed by atoms with Gasteiger partial charge in [-0.3, -0.25) is 24.0 Å². The summed E-state index contributed by atoms with van der Waals surface area (Å²) in [7, 11) is -3.28. The summed E-state index contributed by atoms with van der Waals surface area (Å²) in [5.41, 5.74) is 0.507. The normalized spacial score (nSPS) is 12.0. The van der Waals surface area contributed by atoms with Crippen molar-refractivity contribution in [2.24, 2.45) is 5.92 Å². The minimum atomic E-state index is -4.61. The number of anilines is 1. The Morgan fingerprint density at radius 3 is 2.32 bits per heavy atom. The number of carbonyl (C=O) groups is 2. The largest absolute Gasteiger partial charge is 0.495 e. The van der Waals surface area contributed by atoms with E-state index in [4.69, 9.17) is 16.3 Å². The Morgan fingerprint density at radius 1 is 1.07 bits per heavy atom. The van der Waals surface area contributed by atoms with E-state index in [-0.39, 0.29) is 34.5 Å². The Kier molecular flexibility index (Phi) is 11.8. The van der Waals surface area contributed by atoms with Crippen LogP contribution in [0.4, 0.5) is 11.4 Å². The smallest absolute Gasteiger partial charge is 0.273 e. The van der Waals surface area contributed by atoms with Gasteiger partial charge in [0.05, 0.1) is 22.6 Å². The molecular weight excluding hydrogens is 676 g/mol. The second-order valence-electron chi connectivity index (χ2n) is 10.5. The third-order valence-corrected chi connectivity index (χ3v) is 9.29. The maximum Gasteiger partial charge on any atom is 0.273 e. The van der Waals surface area contributed by atoms with Gasteiger partial charge < -0.3 is 15.0 Å². The molecule has 0 saturated carbocycles. The quantitative estimate of drug-likeness (QED) is 0.177. The van der Waals surface area contributed by atoms with E-state index in [9.17, 15) is 28.1 Å². The molecule has 14 heteroatoms.